The highest BCUT2D eigenvalue weighted by Crippen LogP contribution is 2.42. The third-order valence-corrected chi connectivity index (χ3v) is 6.94. The van der Waals surface area contributed by atoms with Gasteiger partial charge in [-0.2, -0.15) is 0 Å². The van der Waals surface area contributed by atoms with E-state index in [0.717, 1.165) is 50.2 Å². The summed E-state index contributed by atoms with van der Waals surface area (Å²) < 4.78 is 11.0. The zero-order chi connectivity index (χ0) is 21.4. The first-order valence-electron chi connectivity index (χ1n) is 11.0. The van der Waals surface area contributed by atoms with Crippen LogP contribution in [0, 0.1) is 0 Å². The Bertz CT molecular complexity index is 1110. The molecule has 1 saturated heterocycles. The number of nitrogens with one attached hydrogen (secondary N) is 2. The van der Waals surface area contributed by atoms with Crippen LogP contribution >= 0.6 is 0 Å². The number of likely N-dealkylation sites (tertiary alicyclic amines) is 1. The molecule has 5 rings (SSSR count). The number of H-pyrrole nitrogens is 1. The highest BCUT2D eigenvalue weighted by molar-refractivity contribution is 5.83. The number of carbonyl (C=O) groups excluding carboxylic acids is 1. The molecule has 3 aromatic rings. The smallest absolute Gasteiger partial charge is 0.225 e. The number of carbonyl (C=O) groups is 1. The summed E-state index contributed by atoms with van der Waals surface area (Å²) in [4.78, 5) is 18.4. The zero-order valence-electron chi connectivity index (χ0n) is 18.2. The summed E-state index contributed by atoms with van der Waals surface area (Å²) in [5.41, 5.74) is 4.47. The molecular formula is C25H29N3O3. The Hall–Kier alpha value is -2.99. The van der Waals surface area contributed by atoms with Crippen LogP contribution in [0.3, 0.4) is 0 Å². The van der Waals surface area contributed by atoms with Gasteiger partial charge in [0.25, 0.3) is 0 Å². The number of rotatable bonds is 5. The van der Waals surface area contributed by atoms with Crippen molar-refractivity contribution in [1.29, 1.82) is 0 Å². The van der Waals surface area contributed by atoms with Crippen LogP contribution in [0.25, 0.3) is 10.9 Å². The minimum Gasteiger partial charge on any atom is -0.493 e. The molecule has 0 unspecified atom stereocenters. The van der Waals surface area contributed by atoms with Crippen LogP contribution in [-0.2, 0) is 23.2 Å². The van der Waals surface area contributed by atoms with Crippen molar-refractivity contribution >= 4 is 16.8 Å². The van der Waals surface area contributed by atoms with Gasteiger partial charge in [0.1, 0.15) is 0 Å². The Morgan fingerprint density at radius 3 is 2.58 bits per heavy atom. The fourth-order valence-corrected chi connectivity index (χ4v) is 5.23. The topological polar surface area (TPSA) is 66.6 Å². The zero-order valence-corrected chi connectivity index (χ0v) is 18.2. The van der Waals surface area contributed by atoms with Crippen LogP contribution < -0.4 is 14.8 Å². The van der Waals surface area contributed by atoms with Gasteiger partial charge in [-0.05, 0) is 54.2 Å². The van der Waals surface area contributed by atoms with E-state index in [0.29, 0.717) is 12.2 Å². The van der Waals surface area contributed by atoms with Crippen molar-refractivity contribution < 1.29 is 14.3 Å². The van der Waals surface area contributed by atoms with Crippen molar-refractivity contribution in [3.05, 3.63) is 59.3 Å². The molecule has 1 amide bonds. The highest BCUT2D eigenvalue weighted by Gasteiger charge is 2.42. The van der Waals surface area contributed by atoms with E-state index in [4.69, 9.17) is 9.47 Å². The Balaban J connectivity index is 1.32. The number of amides is 1. The fraction of sp³-hybridized carbons (Fsp3) is 0.400. The van der Waals surface area contributed by atoms with Crippen molar-refractivity contribution in [2.75, 3.05) is 33.9 Å². The highest BCUT2D eigenvalue weighted by atomic mass is 16.5. The number of fused-ring (bicyclic) bond motifs is 3. The van der Waals surface area contributed by atoms with Crippen LogP contribution in [0.2, 0.25) is 0 Å². The van der Waals surface area contributed by atoms with E-state index in [2.05, 4.69) is 51.7 Å². The van der Waals surface area contributed by atoms with Gasteiger partial charge in [-0.25, -0.2) is 0 Å². The first kappa shape index (κ1) is 19.9. The Morgan fingerprint density at radius 1 is 1.06 bits per heavy atom. The van der Waals surface area contributed by atoms with Gasteiger partial charge in [0.2, 0.25) is 5.91 Å². The second kappa shape index (κ2) is 7.93. The molecule has 6 heteroatoms. The second-order valence-electron chi connectivity index (χ2n) is 8.62. The summed E-state index contributed by atoms with van der Waals surface area (Å²) in [6.45, 7) is 2.93. The Labute approximate surface area is 182 Å². The first-order chi connectivity index (χ1) is 15.1. The van der Waals surface area contributed by atoms with E-state index in [-0.39, 0.29) is 11.4 Å². The number of para-hydroxylation sites is 1. The van der Waals surface area contributed by atoms with E-state index in [9.17, 15) is 4.79 Å². The summed E-state index contributed by atoms with van der Waals surface area (Å²) in [5, 5.41) is 4.63. The van der Waals surface area contributed by atoms with Crippen molar-refractivity contribution in [2.45, 2.75) is 31.2 Å². The maximum Gasteiger partial charge on any atom is 0.225 e. The van der Waals surface area contributed by atoms with Gasteiger partial charge in [0, 0.05) is 36.7 Å². The van der Waals surface area contributed by atoms with Gasteiger partial charge in [-0.3, -0.25) is 4.79 Å². The first-order valence-corrected chi connectivity index (χ1v) is 11.0. The molecular weight excluding hydrogens is 390 g/mol. The summed E-state index contributed by atoms with van der Waals surface area (Å²) >= 11 is 0. The predicted molar refractivity (Wildman–Crippen MR) is 121 cm³/mol. The molecule has 0 aliphatic carbocycles. The molecule has 1 fully saturated rings. The van der Waals surface area contributed by atoms with Gasteiger partial charge in [-0.1, -0.05) is 18.2 Å². The number of ether oxygens (including phenoxy) is 2. The molecule has 162 valence electrons. The molecule has 31 heavy (non-hydrogen) atoms. The Kier molecular flexibility index (Phi) is 5.10. The number of piperidine rings is 1. The SMILES string of the molecule is COc1cc2c(cc1OC)C1(CCN(CCc3c[nH]c4ccccc34)CC1)NC(=O)C2. The van der Waals surface area contributed by atoms with Gasteiger partial charge in [0.15, 0.2) is 11.5 Å². The molecule has 0 saturated carbocycles. The summed E-state index contributed by atoms with van der Waals surface area (Å²) in [6.07, 6.45) is 5.34. The molecule has 0 bridgehead atoms. The van der Waals surface area contributed by atoms with Gasteiger partial charge >= 0.3 is 0 Å². The standard InChI is InChI=1S/C25H29N3O3/c1-30-22-13-18-14-24(29)27-25(20(18)15-23(22)31-2)8-11-28(12-9-25)10-7-17-16-26-21-6-4-3-5-19(17)21/h3-6,13,15-16,26H,7-12,14H2,1-2H3,(H,27,29). The van der Waals surface area contributed by atoms with E-state index in [1.807, 2.05) is 6.07 Å². The number of hydrogen-bond acceptors (Lipinski definition) is 4. The van der Waals surface area contributed by atoms with E-state index in [1.165, 1.54) is 22.0 Å². The summed E-state index contributed by atoms with van der Waals surface area (Å²) in [5.74, 6) is 1.49. The number of aromatic nitrogens is 1. The lowest BCUT2D eigenvalue weighted by Gasteiger charge is -2.46. The van der Waals surface area contributed by atoms with Crippen molar-refractivity contribution in [3.8, 4) is 11.5 Å². The third-order valence-electron chi connectivity index (χ3n) is 6.94. The normalized spacial score (nSPS) is 18.1. The van der Waals surface area contributed by atoms with Gasteiger partial charge in [0.05, 0.1) is 26.2 Å². The quantitative estimate of drug-likeness (QED) is 0.665. The molecule has 2 aromatic carbocycles. The maximum atomic E-state index is 12.5. The third kappa shape index (κ3) is 3.55. The molecule has 6 nitrogen and oxygen atoms in total. The fourth-order valence-electron chi connectivity index (χ4n) is 5.23. The number of nitrogens with zero attached hydrogens (tertiary/aromatic N) is 1. The minimum absolute atomic E-state index is 0.0898. The number of aromatic amines is 1. The maximum absolute atomic E-state index is 12.5. The minimum atomic E-state index is -0.318. The van der Waals surface area contributed by atoms with Crippen LogP contribution in [0.4, 0.5) is 0 Å². The monoisotopic (exact) mass is 419 g/mol. The molecule has 2 aliphatic rings. The largest absolute Gasteiger partial charge is 0.493 e. The van der Waals surface area contributed by atoms with Crippen LogP contribution in [-0.4, -0.2) is 49.6 Å². The molecule has 3 heterocycles. The van der Waals surface area contributed by atoms with Gasteiger partial charge < -0.3 is 24.7 Å². The molecule has 2 aliphatic heterocycles. The van der Waals surface area contributed by atoms with E-state index >= 15 is 0 Å². The molecule has 0 radical (unpaired) electrons. The molecule has 1 aromatic heterocycles. The molecule has 1 spiro atoms. The number of methoxy groups -OCH3 is 2. The van der Waals surface area contributed by atoms with E-state index in [1.54, 1.807) is 14.2 Å². The lowest BCUT2D eigenvalue weighted by Crippen LogP contribution is -2.56. The molecule has 2 N–H and O–H groups in total. The van der Waals surface area contributed by atoms with Gasteiger partial charge in [-0.15, -0.1) is 0 Å². The number of hydrogen-bond donors (Lipinski definition) is 2. The lowest BCUT2D eigenvalue weighted by atomic mass is 9.75. The average Bonchev–Trinajstić information content (AvgIpc) is 3.21. The van der Waals surface area contributed by atoms with Crippen LogP contribution in [0.1, 0.15) is 29.5 Å². The summed E-state index contributed by atoms with van der Waals surface area (Å²) in [7, 11) is 3.29. The Morgan fingerprint density at radius 2 is 1.81 bits per heavy atom. The van der Waals surface area contributed by atoms with Crippen molar-refractivity contribution in [3.63, 3.8) is 0 Å². The summed E-state index contributed by atoms with van der Waals surface area (Å²) in [6, 6.07) is 12.5. The van der Waals surface area contributed by atoms with Crippen molar-refractivity contribution in [1.82, 2.24) is 15.2 Å². The van der Waals surface area contributed by atoms with Crippen LogP contribution in [0.15, 0.2) is 42.6 Å². The second-order valence-corrected chi connectivity index (χ2v) is 8.62. The lowest BCUT2D eigenvalue weighted by molar-refractivity contribution is -0.124. The van der Waals surface area contributed by atoms with Crippen LogP contribution in [0.5, 0.6) is 11.5 Å². The van der Waals surface area contributed by atoms with Crippen molar-refractivity contribution in [2.24, 2.45) is 0 Å². The number of benzene rings is 2. The van der Waals surface area contributed by atoms with E-state index < -0.39 is 0 Å². The predicted octanol–water partition coefficient (Wildman–Crippen LogP) is 3.39. The molecule has 0 atom stereocenters. The average molecular weight is 420 g/mol.